The van der Waals surface area contributed by atoms with Crippen LogP contribution >= 0.6 is 0 Å². The number of halogens is 1. The number of carbonyl (C=O) groups excluding carboxylic acids is 1. The number of nitrogens with zero attached hydrogens (tertiary/aromatic N) is 1. The summed E-state index contributed by atoms with van der Waals surface area (Å²) in [5, 5.41) is 0. The second kappa shape index (κ2) is 3.96. The maximum Gasteiger partial charge on any atom is 0.309 e. The highest BCUT2D eigenvalue weighted by Gasteiger charge is 2.45. The number of rotatable bonds is 3. The Morgan fingerprint density at radius 2 is 2.47 bits per heavy atom. The molecule has 1 aliphatic carbocycles. The number of hydrogen-bond donors (Lipinski definition) is 0. The molecule has 0 aromatic carbocycles. The third-order valence-corrected chi connectivity index (χ3v) is 2.53. The van der Waals surface area contributed by atoms with E-state index in [1.807, 2.05) is 0 Å². The van der Waals surface area contributed by atoms with Crippen LogP contribution < -0.4 is 0 Å². The van der Waals surface area contributed by atoms with E-state index < -0.39 is 0 Å². The molecular weight excluding hydrogens is 197 g/mol. The molecule has 15 heavy (non-hydrogen) atoms. The third kappa shape index (κ3) is 2.14. The minimum Gasteiger partial charge on any atom is -0.466 e. The van der Waals surface area contributed by atoms with Gasteiger partial charge in [0.15, 0.2) is 0 Å². The summed E-state index contributed by atoms with van der Waals surface area (Å²) >= 11 is 0. The van der Waals surface area contributed by atoms with Gasteiger partial charge in [-0.2, -0.15) is 0 Å². The van der Waals surface area contributed by atoms with Gasteiger partial charge in [-0.1, -0.05) is 0 Å². The van der Waals surface area contributed by atoms with Crippen molar-refractivity contribution in [2.24, 2.45) is 5.92 Å². The summed E-state index contributed by atoms with van der Waals surface area (Å²) in [7, 11) is 0. The lowest BCUT2D eigenvalue weighted by molar-refractivity contribution is -0.144. The topological polar surface area (TPSA) is 39.2 Å². The van der Waals surface area contributed by atoms with Gasteiger partial charge >= 0.3 is 5.97 Å². The van der Waals surface area contributed by atoms with Crippen molar-refractivity contribution < 1.29 is 13.9 Å². The van der Waals surface area contributed by atoms with Crippen LogP contribution in [0.3, 0.4) is 0 Å². The summed E-state index contributed by atoms with van der Waals surface area (Å²) < 4.78 is 17.7. The van der Waals surface area contributed by atoms with E-state index in [0.717, 1.165) is 18.2 Å². The van der Waals surface area contributed by atoms with Gasteiger partial charge in [0.25, 0.3) is 0 Å². The van der Waals surface area contributed by atoms with E-state index in [9.17, 15) is 9.18 Å². The first-order chi connectivity index (χ1) is 7.22. The standard InChI is InChI=1S/C11H12FNO2/c1-2-15-11(14)10-4-9(10)7-3-8(12)6-13-5-7/h3,5-6,9-10H,2,4H2,1H3. The molecule has 1 saturated carbocycles. The molecule has 0 amide bonds. The molecule has 2 unspecified atom stereocenters. The molecule has 1 aromatic rings. The van der Waals surface area contributed by atoms with Crippen molar-refractivity contribution in [3.8, 4) is 0 Å². The maximum absolute atomic E-state index is 12.9. The van der Waals surface area contributed by atoms with Gasteiger partial charge in [-0.15, -0.1) is 0 Å². The summed E-state index contributed by atoms with van der Waals surface area (Å²) in [6, 6.07) is 1.43. The van der Waals surface area contributed by atoms with E-state index in [1.165, 1.54) is 6.07 Å². The minimum atomic E-state index is -0.359. The number of pyridine rings is 1. The SMILES string of the molecule is CCOC(=O)C1CC1c1cncc(F)c1. The van der Waals surface area contributed by atoms with Crippen LogP contribution in [0.5, 0.6) is 0 Å². The normalized spacial score (nSPS) is 23.6. The lowest BCUT2D eigenvalue weighted by Crippen LogP contribution is -2.07. The first-order valence-corrected chi connectivity index (χ1v) is 4.99. The first kappa shape index (κ1) is 10.1. The average Bonchev–Trinajstić information content (AvgIpc) is 2.97. The summed E-state index contributed by atoms with van der Waals surface area (Å²) in [5.41, 5.74) is 0.785. The molecule has 80 valence electrons. The summed E-state index contributed by atoms with van der Waals surface area (Å²) in [5.74, 6) is -0.561. The van der Waals surface area contributed by atoms with Gasteiger partial charge in [0.2, 0.25) is 0 Å². The Morgan fingerprint density at radius 1 is 1.67 bits per heavy atom. The van der Waals surface area contributed by atoms with Crippen LogP contribution in [-0.2, 0) is 9.53 Å². The molecule has 4 heteroatoms. The molecule has 1 aromatic heterocycles. The van der Waals surface area contributed by atoms with Crippen LogP contribution in [0.4, 0.5) is 4.39 Å². The largest absolute Gasteiger partial charge is 0.466 e. The first-order valence-electron chi connectivity index (χ1n) is 4.99. The lowest BCUT2D eigenvalue weighted by Gasteiger charge is -2.00. The van der Waals surface area contributed by atoms with Crippen molar-refractivity contribution in [1.82, 2.24) is 4.98 Å². The summed E-state index contributed by atoms with van der Waals surface area (Å²) in [4.78, 5) is 15.1. The van der Waals surface area contributed by atoms with Crippen LogP contribution in [0.25, 0.3) is 0 Å². The molecule has 1 heterocycles. The van der Waals surface area contributed by atoms with Crippen molar-refractivity contribution in [2.45, 2.75) is 19.3 Å². The van der Waals surface area contributed by atoms with Crippen LogP contribution in [0.1, 0.15) is 24.8 Å². The van der Waals surface area contributed by atoms with E-state index in [-0.39, 0.29) is 23.6 Å². The Labute approximate surface area is 87.3 Å². The Hall–Kier alpha value is -1.45. The van der Waals surface area contributed by atoms with Gasteiger partial charge in [-0.05, 0) is 30.9 Å². The molecule has 1 fully saturated rings. The van der Waals surface area contributed by atoms with Gasteiger partial charge in [0, 0.05) is 6.20 Å². The van der Waals surface area contributed by atoms with Crippen molar-refractivity contribution in [3.63, 3.8) is 0 Å². The van der Waals surface area contributed by atoms with Crippen LogP contribution in [0, 0.1) is 11.7 Å². The minimum absolute atomic E-state index is 0.0900. The van der Waals surface area contributed by atoms with Crippen molar-refractivity contribution in [2.75, 3.05) is 6.61 Å². The van der Waals surface area contributed by atoms with E-state index in [0.29, 0.717) is 6.61 Å². The van der Waals surface area contributed by atoms with Crippen LogP contribution in [0.2, 0.25) is 0 Å². The molecule has 0 radical (unpaired) electrons. The summed E-state index contributed by atoms with van der Waals surface area (Å²) in [6.07, 6.45) is 3.50. The van der Waals surface area contributed by atoms with Crippen LogP contribution in [-0.4, -0.2) is 17.6 Å². The molecule has 2 rings (SSSR count). The van der Waals surface area contributed by atoms with Crippen molar-refractivity contribution in [3.05, 3.63) is 29.8 Å². The molecule has 3 nitrogen and oxygen atoms in total. The zero-order valence-electron chi connectivity index (χ0n) is 8.44. The Balaban J connectivity index is 2.01. The van der Waals surface area contributed by atoms with Gasteiger partial charge in [-0.3, -0.25) is 9.78 Å². The molecule has 2 atom stereocenters. The fraction of sp³-hybridized carbons (Fsp3) is 0.455. The zero-order valence-corrected chi connectivity index (χ0v) is 8.44. The molecular formula is C11H12FNO2. The smallest absolute Gasteiger partial charge is 0.309 e. The molecule has 0 spiro atoms. The number of carbonyl (C=O) groups is 1. The van der Waals surface area contributed by atoms with Gasteiger partial charge < -0.3 is 4.74 Å². The Morgan fingerprint density at radius 3 is 3.13 bits per heavy atom. The van der Waals surface area contributed by atoms with Gasteiger partial charge in [0.05, 0.1) is 18.7 Å². The highest BCUT2D eigenvalue weighted by molar-refractivity contribution is 5.77. The number of hydrogen-bond acceptors (Lipinski definition) is 3. The molecule has 0 saturated heterocycles. The third-order valence-electron chi connectivity index (χ3n) is 2.53. The molecule has 0 bridgehead atoms. The average molecular weight is 209 g/mol. The monoisotopic (exact) mass is 209 g/mol. The number of esters is 1. The molecule has 0 N–H and O–H groups in total. The van der Waals surface area contributed by atoms with Gasteiger partial charge in [0.1, 0.15) is 5.82 Å². The fourth-order valence-corrected chi connectivity index (χ4v) is 1.70. The number of aromatic nitrogens is 1. The van der Waals surface area contributed by atoms with Crippen molar-refractivity contribution in [1.29, 1.82) is 0 Å². The second-order valence-electron chi connectivity index (χ2n) is 3.64. The van der Waals surface area contributed by atoms with Crippen molar-refractivity contribution >= 4 is 5.97 Å². The molecule has 1 aliphatic rings. The van der Waals surface area contributed by atoms with Crippen LogP contribution in [0.15, 0.2) is 18.5 Å². The lowest BCUT2D eigenvalue weighted by atomic mass is 10.1. The number of ether oxygens (including phenoxy) is 1. The zero-order chi connectivity index (χ0) is 10.8. The Kier molecular flexibility index (Phi) is 2.66. The predicted molar refractivity (Wildman–Crippen MR) is 51.7 cm³/mol. The van der Waals surface area contributed by atoms with E-state index in [4.69, 9.17) is 4.74 Å². The highest BCUT2D eigenvalue weighted by Crippen LogP contribution is 2.47. The van der Waals surface area contributed by atoms with Gasteiger partial charge in [-0.25, -0.2) is 4.39 Å². The van der Waals surface area contributed by atoms with E-state index in [1.54, 1.807) is 13.1 Å². The summed E-state index contributed by atoms with van der Waals surface area (Å²) in [6.45, 7) is 2.17. The maximum atomic E-state index is 12.9. The molecule has 0 aliphatic heterocycles. The fourth-order valence-electron chi connectivity index (χ4n) is 1.70. The highest BCUT2D eigenvalue weighted by atomic mass is 19.1. The Bertz CT molecular complexity index is 381. The van der Waals surface area contributed by atoms with E-state index in [2.05, 4.69) is 4.98 Å². The predicted octanol–water partition coefficient (Wildman–Crippen LogP) is 1.89. The quantitative estimate of drug-likeness (QED) is 0.713. The van der Waals surface area contributed by atoms with E-state index >= 15 is 0 Å². The second-order valence-corrected chi connectivity index (χ2v) is 3.64.